The van der Waals surface area contributed by atoms with E-state index in [4.69, 9.17) is 4.74 Å². The van der Waals surface area contributed by atoms with Gasteiger partial charge in [-0.1, -0.05) is 20.3 Å². The summed E-state index contributed by atoms with van der Waals surface area (Å²) in [5.41, 5.74) is 0.354. The van der Waals surface area contributed by atoms with Crippen LogP contribution in [0.1, 0.15) is 52.4 Å². The lowest BCUT2D eigenvalue weighted by Crippen LogP contribution is -2.47. The zero-order valence-electron chi connectivity index (χ0n) is 13.8. The van der Waals surface area contributed by atoms with E-state index in [1.807, 2.05) is 0 Å². The Hall–Kier alpha value is -0.120. The summed E-state index contributed by atoms with van der Waals surface area (Å²) in [4.78, 5) is 2.64. The fraction of sp³-hybridized carbons (Fsp3) is 1.00. The average molecular weight is 282 g/mol. The zero-order chi connectivity index (χ0) is 14.4. The molecule has 1 unspecified atom stereocenters. The van der Waals surface area contributed by atoms with Crippen LogP contribution in [0, 0.1) is 11.3 Å². The molecule has 0 spiro atoms. The van der Waals surface area contributed by atoms with Crippen LogP contribution >= 0.6 is 0 Å². The molecule has 0 aromatic heterocycles. The van der Waals surface area contributed by atoms with Crippen molar-refractivity contribution >= 4 is 0 Å². The second-order valence-corrected chi connectivity index (χ2v) is 7.08. The Morgan fingerprint density at radius 2 is 1.95 bits per heavy atom. The fourth-order valence-electron chi connectivity index (χ4n) is 4.01. The van der Waals surface area contributed by atoms with E-state index >= 15 is 0 Å². The standard InChI is InChI=1S/C17H34N2O/c1-4-15-6-8-16(9-7-15)19(3)13-17(12-18-5-2)10-11-20-14-17/h15-16,18H,4-14H2,1-3H3. The summed E-state index contributed by atoms with van der Waals surface area (Å²) in [6.45, 7) is 9.79. The number of nitrogens with one attached hydrogen (secondary N) is 1. The van der Waals surface area contributed by atoms with Crippen LogP contribution < -0.4 is 5.32 Å². The minimum atomic E-state index is 0.354. The van der Waals surface area contributed by atoms with E-state index in [0.717, 1.165) is 38.3 Å². The summed E-state index contributed by atoms with van der Waals surface area (Å²) in [5.74, 6) is 0.991. The SMILES string of the molecule is CCNCC1(CN(C)C2CCC(CC)CC2)CCOC1. The zero-order valence-corrected chi connectivity index (χ0v) is 13.8. The van der Waals surface area contributed by atoms with Crippen LogP contribution in [0.3, 0.4) is 0 Å². The first-order valence-corrected chi connectivity index (χ1v) is 8.68. The minimum Gasteiger partial charge on any atom is -0.381 e. The first kappa shape index (κ1) is 16.3. The van der Waals surface area contributed by atoms with Crippen LogP contribution in [0.5, 0.6) is 0 Å². The lowest BCUT2D eigenvalue weighted by Gasteiger charge is -2.39. The first-order chi connectivity index (χ1) is 9.69. The molecule has 0 amide bonds. The maximum Gasteiger partial charge on any atom is 0.0547 e. The minimum absolute atomic E-state index is 0.354. The Bertz CT molecular complexity index is 268. The van der Waals surface area contributed by atoms with E-state index in [1.165, 1.54) is 45.1 Å². The monoisotopic (exact) mass is 282 g/mol. The van der Waals surface area contributed by atoms with E-state index in [1.54, 1.807) is 0 Å². The van der Waals surface area contributed by atoms with Gasteiger partial charge >= 0.3 is 0 Å². The Kier molecular flexibility index (Phi) is 6.31. The van der Waals surface area contributed by atoms with Gasteiger partial charge in [-0.2, -0.15) is 0 Å². The number of rotatable bonds is 7. The number of hydrogen-bond acceptors (Lipinski definition) is 3. The largest absolute Gasteiger partial charge is 0.381 e. The van der Waals surface area contributed by atoms with Gasteiger partial charge in [0.15, 0.2) is 0 Å². The third-order valence-electron chi connectivity index (χ3n) is 5.54. The molecule has 1 atom stereocenters. The summed E-state index contributed by atoms with van der Waals surface area (Å²) in [5, 5.41) is 3.55. The quantitative estimate of drug-likeness (QED) is 0.777. The number of nitrogens with zero attached hydrogens (tertiary/aromatic N) is 1. The molecule has 0 aromatic rings. The summed E-state index contributed by atoms with van der Waals surface area (Å²) in [6.07, 6.45) is 8.24. The maximum atomic E-state index is 5.71. The Morgan fingerprint density at radius 1 is 1.20 bits per heavy atom. The van der Waals surface area contributed by atoms with Crippen molar-refractivity contribution in [3.8, 4) is 0 Å². The van der Waals surface area contributed by atoms with Crippen molar-refractivity contribution in [2.24, 2.45) is 11.3 Å². The average Bonchev–Trinajstić information content (AvgIpc) is 2.94. The van der Waals surface area contributed by atoms with Crippen LogP contribution in [0.25, 0.3) is 0 Å². The van der Waals surface area contributed by atoms with E-state index in [2.05, 4.69) is 31.1 Å². The molecule has 2 aliphatic rings. The number of ether oxygens (including phenoxy) is 1. The fourth-order valence-corrected chi connectivity index (χ4v) is 4.01. The topological polar surface area (TPSA) is 24.5 Å². The van der Waals surface area contributed by atoms with Gasteiger partial charge in [0.1, 0.15) is 0 Å². The molecule has 0 aromatic carbocycles. The van der Waals surface area contributed by atoms with Crippen molar-refractivity contribution in [3.63, 3.8) is 0 Å². The predicted octanol–water partition coefficient (Wildman–Crippen LogP) is 2.90. The maximum absolute atomic E-state index is 5.71. The van der Waals surface area contributed by atoms with Crippen molar-refractivity contribution in [1.82, 2.24) is 10.2 Å². The van der Waals surface area contributed by atoms with Crippen molar-refractivity contribution in [2.45, 2.75) is 58.4 Å². The molecule has 0 bridgehead atoms. The Labute approximate surface area is 125 Å². The molecule has 0 radical (unpaired) electrons. The van der Waals surface area contributed by atoms with E-state index in [-0.39, 0.29) is 0 Å². The van der Waals surface area contributed by atoms with Crippen molar-refractivity contribution in [1.29, 1.82) is 0 Å². The predicted molar refractivity (Wildman–Crippen MR) is 85.1 cm³/mol. The van der Waals surface area contributed by atoms with Gasteiger partial charge in [0.2, 0.25) is 0 Å². The van der Waals surface area contributed by atoms with Crippen LogP contribution in [0.2, 0.25) is 0 Å². The summed E-state index contributed by atoms with van der Waals surface area (Å²) in [7, 11) is 2.34. The smallest absolute Gasteiger partial charge is 0.0547 e. The molecule has 3 heteroatoms. The molecule has 1 saturated carbocycles. The first-order valence-electron chi connectivity index (χ1n) is 8.68. The summed E-state index contributed by atoms with van der Waals surface area (Å²) >= 11 is 0. The van der Waals surface area contributed by atoms with Crippen LogP contribution in [0.4, 0.5) is 0 Å². The molecule has 1 N–H and O–H groups in total. The second kappa shape index (κ2) is 7.77. The van der Waals surface area contributed by atoms with Gasteiger partial charge in [-0.05, 0) is 51.6 Å². The Morgan fingerprint density at radius 3 is 2.50 bits per heavy atom. The van der Waals surface area contributed by atoms with Crippen molar-refractivity contribution in [2.75, 3.05) is 39.9 Å². The highest BCUT2D eigenvalue weighted by molar-refractivity contribution is 4.90. The van der Waals surface area contributed by atoms with Crippen molar-refractivity contribution < 1.29 is 4.74 Å². The van der Waals surface area contributed by atoms with E-state index in [0.29, 0.717) is 5.41 Å². The van der Waals surface area contributed by atoms with E-state index < -0.39 is 0 Å². The molecule has 1 heterocycles. The van der Waals surface area contributed by atoms with E-state index in [9.17, 15) is 0 Å². The third-order valence-corrected chi connectivity index (χ3v) is 5.54. The van der Waals surface area contributed by atoms with Gasteiger partial charge < -0.3 is 15.0 Å². The van der Waals surface area contributed by atoms with Gasteiger partial charge in [0, 0.05) is 31.2 Å². The molecule has 1 saturated heterocycles. The Balaban J connectivity index is 1.83. The van der Waals surface area contributed by atoms with Gasteiger partial charge in [0.25, 0.3) is 0 Å². The second-order valence-electron chi connectivity index (χ2n) is 7.08. The van der Waals surface area contributed by atoms with Gasteiger partial charge in [-0.3, -0.25) is 0 Å². The number of hydrogen-bond donors (Lipinski definition) is 1. The normalized spacial score (nSPS) is 34.8. The van der Waals surface area contributed by atoms with Gasteiger partial charge in [-0.15, -0.1) is 0 Å². The van der Waals surface area contributed by atoms with Gasteiger partial charge in [0.05, 0.1) is 6.61 Å². The molecule has 2 fully saturated rings. The van der Waals surface area contributed by atoms with Crippen LogP contribution in [-0.2, 0) is 4.74 Å². The van der Waals surface area contributed by atoms with Crippen LogP contribution in [0.15, 0.2) is 0 Å². The summed E-state index contributed by atoms with van der Waals surface area (Å²) in [6, 6.07) is 0.803. The highest BCUT2D eigenvalue weighted by Crippen LogP contribution is 2.33. The molecular formula is C17H34N2O. The highest BCUT2D eigenvalue weighted by Gasteiger charge is 2.37. The van der Waals surface area contributed by atoms with Crippen LogP contribution in [-0.4, -0.2) is 50.8 Å². The lowest BCUT2D eigenvalue weighted by molar-refractivity contribution is 0.0825. The molecule has 1 aliphatic heterocycles. The molecule has 20 heavy (non-hydrogen) atoms. The lowest BCUT2D eigenvalue weighted by atomic mass is 9.82. The van der Waals surface area contributed by atoms with Crippen molar-refractivity contribution in [3.05, 3.63) is 0 Å². The van der Waals surface area contributed by atoms with Gasteiger partial charge in [-0.25, -0.2) is 0 Å². The molecule has 2 rings (SSSR count). The molecule has 3 nitrogen and oxygen atoms in total. The molecule has 1 aliphatic carbocycles. The summed E-state index contributed by atoms with van der Waals surface area (Å²) < 4.78 is 5.71. The highest BCUT2D eigenvalue weighted by atomic mass is 16.5. The third kappa shape index (κ3) is 4.19. The molecule has 118 valence electrons. The molecular weight excluding hydrogens is 248 g/mol.